The van der Waals surface area contributed by atoms with E-state index in [2.05, 4.69) is 20.7 Å². The number of nitrogens with one attached hydrogen (secondary N) is 2. The van der Waals surface area contributed by atoms with Crippen molar-refractivity contribution in [2.75, 3.05) is 13.7 Å². The third-order valence-corrected chi connectivity index (χ3v) is 3.78. The van der Waals surface area contributed by atoms with Crippen molar-refractivity contribution in [2.24, 2.45) is 5.10 Å². The number of aromatic nitrogens is 2. The first kappa shape index (κ1) is 18.2. The summed E-state index contributed by atoms with van der Waals surface area (Å²) >= 11 is 0. The number of carbonyl (C=O) groups excluding carboxylic acids is 1. The van der Waals surface area contributed by atoms with Crippen LogP contribution in [0, 0.1) is 0 Å². The van der Waals surface area contributed by atoms with Gasteiger partial charge in [-0.25, -0.2) is 5.43 Å². The van der Waals surface area contributed by atoms with Gasteiger partial charge in [0.05, 0.1) is 25.6 Å². The van der Waals surface area contributed by atoms with Crippen LogP contribution in [0.15, 0.2) is 59.7 Å². The lowest BCUT2D eigenvalue weighted by Crippen LogP contribution is -2.17. The van der Waals surface area contributed by atoms with E-state index in [-0.39, 0.29) is 5.91 Å². The molecule has 7 nitrogen and oxygen atoms in total. The molecule has 27 heavy (non-hydrogen) atoms. The summed E-state index contributed by atoms with van der Waals surface area (Å²) in [6.45, 7) is 2.55. The van der Waals surface area contributed by atoms with Crippen LogP contribution in [0.2, 0.25) is 0 Å². The minimum atomic E-state index is -0.371. The van der Waals surface area contributed by atoms with Crippen molar-refractivity contribution in [1.82, 2.24) is 15.6 Å². The highest BCUT2D eigenvalue weighted by atomic mass is 16.5. The standard InChI is InChI=1S/C20H20N4O3/c1-3-27-17-8-4-14(5-9-17)13-21-24-20(25)19-12-18(22-23-19)15-6-10-16(26-2)11-7-15/h4-13H,3H2,1-2H3,(H,22,23)(H,24,25)/b21-13+. The second kappa shape index (κ2) is 8.66. The molecule has 0 atom stereocenters. The van der Waals surface area contributed by atoms with E-state index in [1.54, 1.807) is 19.4 Å². The minimum absolute atomic E-state index is 0.324. The number of ether oxygens (including phenoxy) is 2. The normalized spacial score (nSPS) is 10.7. The Kier molecular flexibility index (Phi) is 5.84. The van der Waals surface area contributed by atoms with Crippen molar-refractivity contribution in [1.29, 1.82) is 0 Å². The molecule has 0 spiro atoms. The van der Waals surface area contributed by atoms with Gasteiger partial charge in [-0.15, -0.1) is 0 Å². The van der Waals surface area contributed by atoms with Gasteiger partial charge in [-0.3, -0.25) is 9.89 Å². The zero-order valence-corrected chi connectivity index (χ0v) is 15.1. The summed E-state index contributed by atoms with van der Waals surface area (Å²) in [5, 5.41) is 10.9. The number of nitrogens with zero attached hydrogens (tertiary/aromatic N) is 2. The number of hydrogen-bond donors (Lipinski definition) is 2. The Morgan fingerprint density at radius 1 is 1.15 bits per heavy atom. The molecule has 0 aliphatic carbocycles. The number of hydrazone groups is 1. The van der Waals surface area contributed by atoms with Gasteiger partial charge >= 0.3 is 0 Å². The fourth-order valence-electron chi connectivity index (χ4n) is 2.39. The molecule has 3 rings (SSSR count). The third kappa shape index (κ3) is 4.72. The monoisotopic (exact) mass is 364 g/mol. The summed E-state index contributed by atoms with van der Waals surface area (Å²) in [5.41, 5.74) is 5.20. The highest BCUT2D eigenvalue weighted by molar-refractivity contribution is 5.94. The first-order valence-corrected chi connectivity index (χ1v) is 8.45. The van der Waals surface area contributed by atoms with Gasteiger partial charge in [0.2, 0.25) is 0 Å². The molecule has 0 unspecified atom stereocenters. The van der Waals surface area contributed by atoms with Crippen LogP contribution in [0.4, 0.5) is 0 Å². The molecular weight excluding hydrogens is 344 g/mol. The highest BCUT2D eigenvalue weighted by Gasteiger charge is 2.10. The van der Waals surface area contributed by atoms with E-state index in [9.17, 15) is 4.79 Å². The molecule has 0 radical (unpaired) electrons. The van der Waals surface area contributed by atoms with Gasteiger partial charge in [0, 0.05) is 5.56 Å². The van der Waals surface area contributed by atoms with Crippen molar-refractivity contribution in [2.45, 2.75) is 6.92 Å². The number of H-pyrrole nitrogens is 1. The van der Waals surface area contributed by atoms with Gasteiger partial charge in [-0.1, -0.05) is 0 Å². The largest absolute Gasteiger partial charge is 0.497 e. The lowest BCUT2D eigenvalue weighted by molar-refractivity contribution is 0.0950. The summed E-state index contributed by atoms with van der Waals surface area (Å²) in [6, 6.07) is 16.5. The lowest BCUT2D eigenvalue weighted by atomic mass is 10.1. The molecule has 0 aliphatic rings. The maximum absolute atomic E-state index is 12.2. The van der Waals surface area contributed by atoms with E-state index in [1.807, 2.05) is 55.5 Å². The molecule has 0 saturated carbocycles. The molecule has 0 saturated heterocycles. The summed E-state index contributed by atoms with van der Waals surface area (Å²) in [4.78, 5) is 12.2. The van der Waals surface area contributed by atoms with Crippen LogP contribution >= 0.6 is 0 Å². The van der Waals surface area contributed by atoms with E-state index in [4.69, 9.17) is 9.47 Å². The predicted octanol–water partition coefficient (Wildman–Crippen LogP) is 3.25. The van der Waals surface area contributed by atoms with E-state index >= 15 is 0 Å². The SMILES string of the molecule is CCOc1ccc(/C=N/NC(=O)c2cc(-c3ccc(OC)cc3)n[nH]2)cc1. The van der Waals surface area contributed by atoms with Crippen LogP contribution in [-0.4, -0.2) is 36.0 Å². The molecule has 7 heteroatoms. The molecule has 1 aromatic heterocycles. The van der Waals surface area contributed by atoms with Crippen LogP contribution in [0.1, 0.15) is 23.0 Å². The second-order valence-electron chi connectivity index (χ2n) is 5.60. The van der Waals surface area contributed by atoms with Crippen LogP contribution in [0.25, 0.3) is 11.3 Å². The van der Waals surface area contributed by atoms with E-state index < -0.39 is 0 Å². The Labute approximate surface area is 157 Å². The molecule has 0 bridgehead atoms. The molecule has 3 aromatic rings. The maximum atomic E-state index is 12.2. The molecular formula is C20H20N4O3. The van der Waals surface area contributed by atoms with Crippen LogP contribution in [0.3, 0.4) is 0 Å². The average Bonchev–Trinajstić information content (AvgIpc) is 3.20. The maximum Gasteiger partial charge on any atom is 0.289 e. The van der Waals surface area contributed by atoms with Crippen molar-refractivity contribution >= 4 is 12.1 Å². The minimum Gasteiger partial charge on any atom is -0.497 e. The average molecular weight is 364 g/mol. The molecule has 0 fully saturated rings. The van der Waals surface area contributed by atoms with E-state index in [1.165, 1.54) is 0 Å². The van der Waals surface area contributed by atoms with Gasteiger partial charge in [0.15, 0.2) is 0 Å². The Morgan fingerprint density at radius 3 is 2.52 bits per heavy atom. The topological polar surface area (TPSA) is 88.6 Å². The van der Waals surface area contributed by atoms with E-state index in [0.717, 1.165) is 22.6 Å². The number of aromatic amines is 1. The molecule has 1 amide bonds. The quantitative estimate of drug-likeness (QED) is 0.497. The summed E-state index contributed by atoms with van der Waals surface area (Å²) in [7, 11) is 1.61. The first-order chi connectivity index (χ1) is 13.2. The smallest absolute Gasteiger partial charge is 0.289 e. The second-order valence-corrected chi connectivity index (χ2v) is 5.60. The van der Waals surface area contributed by atoms with Gasteiger partial charge in [-0.05, 0) is 67.1 Å². The summed E-state index contributed by atoms with van der Waals surface area (Å²) in [6.07, 6.45) is 1.56. The number of benzene rings is 2. The number of rotatable bonds is 7. The van der Waals surface area contributed by atoms with Crippen molar-refractivity contribution < 1.29 is 14.3 Å². The molecule has 2 N–H and O–H groups in total. The molecule has 1 heterocycles. The lowest BCUT2D eigenvalue weighted by Gasteiger charge is -2.02. The fourth-order valence-corrected chi connectivity index (χ4v) is 2.39. The third-order valence-electron chi connectivity index (χ3n) is 3.78. The summed E-state index contributed by atoms with van der Waals surface area (Å²) in [5.74, 6) is 1.18. The van der Waals surface area contributed by atoms with Gasteiger partial charge in [0.25, 0.3) is 5.91 Å². The number of hydrogen-bond acceptors (Lipinski definition) is 5. The van der Waals surface area contributed by atoms with Crippen molar-refractivity contribution in [3.8, 4) is 22.8 Å². The van der Waals surface area contributed by atoms with Gasteiger partial charge in [0.1, 0.15) is 17.2 Å². The Hall–Kier alpha value is -3.61. The number of amides is 1. The van der Waals surface area contributed by atoms with Crippen LogP contribution < -0.4 is 14.9 Å². The van der Waals surface area contributed by atoms with Gasteiger partial charge in [-0.2, -0.15) is 10.2 Å². The van der Waals surface area contributed by atoms with Crippen LogP contribution in [0.5, 0.6) is 11.5 Å². The summed E-state index contributed by atoms with van der Waals surface area (Å²) < 4.78 is 10.5. The van der Waals surface area contributed by atoms with Crippen molar-refractivity contribution in [3.63, 3.8) is 0 Å². The molecule has 138 valence electrons. The van der Waals surface area contributed by atoms with Crippen LogP contribution in [-0.2, 0) is 0 Å². The Bertz CT molecular complexity index is 915. The highest BCUT2D eigenvalue weighted by Crippen LogP contribution is 2.21. The molecule has 2 aromatic carbocycles. The van der Waals surface area contributed by atoms with Gasteiger partial charge < -0.3 is 9.47 Å². The number of methoxy groups -OCH3 is 1. The number of carbonyl (C=O) groups is 1. The Morgan fingerprint density at radius 2 is 1.85 bits per heavy atom. The Balaban J connectivity index is 1.60. The first-order valence-electron chi connectivity index (χ1n) is 8.45. The van der Waals surface area contributed by atoms with E-state index in [0.29, 0.717) is 18.0 Å². The fraction of sp³-hybridized carbons (Fsp3) is 0.150. The zero-order valence-electron chi connectivity index (χ0n) is 15.1. The predicted molar refractivity (Wildman–Crippen MR) is 103 cm³/mol. The zero-order chi connectivity index (χ0) is 19.1. The molecule has 0 aliphatic heterocycles. The van der Waals surface area contributed by atoms with Crippen molar-refractivity contribution in [3.05, 3.63) is 65.9 Å².